The summed E-state index contributed by atoms with van der Waals surface area (Å²) in [5.41, 5.74) is 1.59. The molecule has 39 heavy (non-hydrogen) atoms. The lowest BCUT2D eigenvalue weighted by Gasteiger charge is -2.21. The van der Waals surface area contributed by atoms with Gasteiger partial charge in [0, 0.05) is 39.1 Å². The van der Waals surface area contributed by atoms with Crippen molar-refractivity contribution in [2.75, 3.05) is 0 Å². The number of fused-ring (bicyclic) bond motifs is 2. The van der Waals surface area contributed by atoms with Crippen LogP contribution in [-0.4, -0.2) is 29.0 Å². The minimum Gasteiger partial charge on any atom is -0.384 e. The van der Waals surface area contributed by atoms with E-state index in [1.807, 2.05) is 0 Å². The molecule has 6 aromatic rings. The summed E-state index contributed by atoms with van der Waals surface area (Å²) in [5.74, 6) is -2.25. The van der Waals surface area contributed by atoms with E-state index >= 15 is 0 Å². The largest absolute Gasteiger partial charge is 0.384 e. The maximum Gasteiger partial charge on any atom is 0.139 e. The molecule has 0 radical (unpaired) electrons. The lowest BCUT2D eigenvalue weighted by atomic mass is 9.99. The molecule has 0 bridgehead atoms. The molecule has 196 valence electrons. The molecule has 0 aliphatic rings. The van der Waals surface area contributed by atoms with Crippen LogP contribution in [0.2, 0.25) is 5.02 Å². The third-order valence-electron chi connectivity index (χ3n) is 6.40. The van der Waals surface area contributed by atoms with Gasteiger partial charge in [0.05, 0.1) is 22.8 Å². The van der Waals surface area contributed by atoms with E-state index in [0.717, 1.165) is 12.3 Å². The first kappa shape index (κ1) is 25.6. The zero-order chi connectivity index (χ0) is 27.4. The summed E-state index contributed by atoms with van der Waals surface area (Å²) in [6.07, 6.45) is -0.637. The second-order valence-corrected chi connectivity index (χ2v) is 10.2. The number of halogens is 5. The maximum atomic E-state index is 14.9. The highest BCUT2D eigenvalue weighted by molar-refractivity contribution is 9.10. The average molecular weight is 614 g/mol. The van der Waals surface area contributed by atoms with Crippen molar-refractivity contribution in [3.63, 3.8) is 0 Å². The predicted molar refractivity (Wildman–Crippen MR) is 144 cm³/mol. The molecule has 0 spiro atoms. The average Bonchev–Trinajstić information content (AvgIpc) is 3.46. The van der Waals surface area contributed by atoms with Crippen LogP contribution in [0.1, 0.15) is 23.6 Å². The fraction of sp³-hybridized carbons (Fsp3) is 0.0714. The number of aliphatic hydroxyl groups is 2. The number of rotatable bonds is 5. The van der Waals surface area contributed by atoms with Crippen molar-refractivity contribution in [3.05, 3.63) is 117 Å². The lowest BCUT2D eigenvalue weighted by Crippen LogP contribution is -2.16. The molecule has 6 nitrogen and oxygen atoms in total. The molecule has 2 unspecified atom stereocenters. The number of aromatic nitrogens is 4. The van der Waals surface area contributed by atoms with Gasteiger partial charge < -0.3 is 10.2 Å². The van der Waals surface area contributed by atoms with Gasteiger partial charge in [0.15, 0.2) is 0 Å². The first-order valence-electron chi connectivity index (χ1n) is 11.6. The van der Waals surface area contributed by atoms with E-state index in [2.05, 4.69) is 25.9 Å². The molecule has 2 N–H and O–H groups in total. The molecule has 11 heteroatoms. The van der Waals surface area contributed by atoms with E-state index in [-0.39, 0.29) is 28.3 Å². The minimum absolute atomic E-state index is 0.00481. The number of pyridine rings is 2. The van der Waals surface area contributed by atoms with Crippen molar-refractivity contribution in [2.24, 2.45) is 0 Å². The highest BCUT2D eigenvalue weighted by Crippen LogP contribution is 2.40. The van der Waals surface area contributed by atoms with Crippen LogP contribution in [0.3, 0.4) is 0 Å². The van der Waals surface area contributed by atoms with E-state index in [0.29, 0.717) is 32.4 Å². The quantitative estimate of drug-likeness (QED) is 0.222. The molecule has 4 heterocycles. The third-order valence-corrected chi connectivity index (χ3v) is 7.12. The summed E-state index contributed by atoms with van der Waals surface area (Å²) in [4.78, 5) is 9.05. The van der Waals surface area contributed by atoms with E-state index in [1.165, 1.54) is 27.0 Å². The van der Waals surface area contributed by atoms with Gasteiger partial charge in [0.25, 0.3) is 0 Å². The molecule has 6 rings (SSSR count). The first-order valence-corrected chi connectivity index (χ1v) is 12.8. The zero-order valence-electron chi connectivity index (χ0n) is 19.7. The van der Waals surface area contributed by atoms with E-state index in [1.54, 1.807) is 42.6 Å². The monoisotopic (exact) mass is 612 g/mol. The predicted octanol–water partition coefficient (Wildman–Crippen LogP) is 6.92. The molecule has 0 aliphatic heterocycles. The van der Waals surface area contributed by atoms with Crippen LogP contribution in [0.5, 0.6) is 0 Å². The first-order chi connectivity index (χ1) is 18.7. The Hall–Kier alpha value is -3.70. The number of hydrogen-bond acceptors (Lipinski definition) is 4. The Bertz CT molecular complexity index is 1870. The van der Waals surface area contributed by atoms with E-state index in [9.17, 15) is 23.4 Å². The van der Waals surface area contributed by atoms with Crippen LogP contribution < -0.4 is 0 Å². The third kappa shape index (κ3) is 4.49. The van der Waals surface area contributed by atoms with Gasteiger partial charge in [-0.15, -0.1) is 0 Å². The van der Waals surface area contributed by atoms with Crippen LogP contribution in [0.25, 0.3) is 33.8 Å². The molecule has 0 aliphatic carbocycles. The summed E-state index contributed by atoms with van der Waals surface area (Å²) < 4.78 is 46.4. The highest BCUT2D eigenvalue weighted by atomic mass is 79.9. The van der Waals surface area contributed by atoms with Gasteiger partial charge in [-0.1, -0.05) is 23.7 Å². The van der Waals surface area contributed by atoms with Crippen molar-refractivity contribution in [3.8, 4) is 22.5 Å². The van der Waals surface area contributed by atoms with Gasteiger partial charge >= 0.3 is 0 Å². The topological polar surface area (TPSA) is 75.1 Å². The zero-order valence-corrected chi connectivity index (χ0v) is 22.1. The Kier molecular flexibility index (Phi) is 6.43. The molecule has 0 fully saturated rings. The van der Waals surface area contributed by atoms with Crippen molar-refractivity contribution < 1.29 is 23.4 Å². The lowest BCUT2D eigenvalue weighted by molar-refractivity contribution is 0.0117. The fourth-order valence-electron chi connectivity index (χ4n) is 4.64. The van der Waals surface area contributed by atoms with Crippen LogP contribution in [0.15, 0.2) is 83.6 Å². The van der Waals surface area contributed by atoms with Crippen molar-refractivity contribution >= 4 is 38.8 Å². The number of nitrogens with zero attached hydrogens (tertiary/aromatic N) is 4. The Labute approximate surface area is 232 Å². The number of hydrogen-bond donors (Lipinski definition) is 2. The Balaban J connectivity index is 1.58. The molecule has 2 atom stereocenters. The normalized spacial score (nSPS) is 13.3. The molecule has 0 saturated heterocycles. The van der Waals surface area contributed by atoms with Gasteiger partial charge in [0.2, 0.25) is 0 Å². The minimum atomic E-state index is -1.71. The summed E-state index contributed by atoms with van der Waals surface area (Å²) in [6.45, 7) is 0. The van der Waals surface area contributed by atoms with E-state index < -0.39 is 29.7 Å². The van der Waals surface area contributed by atoms with Crippen LogP contribution in [0, 0.1) is 17.5 Å². The smallest absolute Gasteiger partial charge is 0.139 e. The summed E-state index contributed by atoms with van der Waals surface area (Å²) >= 11 is 9.44. The van der Waals surface area contributed by atoms with E-state index in [4.69, 9.17) is 11.6 Å². The van der Waals surface area contributed by atoms with Gasteiger partial charge in [-0.05, 0) is 64.5 Å². The van der Waals surface area contributed by atoms with Crippen molar-refractivity contribution in [1.29, 1.82) is 0 Å². The second-order valence-electron chi connectivity index (χ2n) is 8.86. The summed E-state index contributed by atoms with van der Waals surface area (Å²) in [5, 5.41) is 23.9. The van der Waals surface area contributed by atoms with Gasteiger partial charge in [-0.2, -0.15) is 0 Å². The molecule has 0 saturated carbocycles. The Morgan fingerprint density at radius 2 is 1.31 bits per heavy atom. The number of benzene rings is 2. The standard InChI is InChI=1S/C28H17BrClF3N4O2/c29-15-3-9-21-35-24(19-8-6-17(31)11-20(19)33)26(36(21)12-15)28(39)27(38)25-23(14-1-4-16(30)5-2-14)34-22-10-7-18(32)13-37(22)25/h1-13,27-28,38-39H. The number of aliphatic hydroxyl groups excluding tert-OH is 2. The van der Waals surface area contributed by atoms with Crippen molar-refractivity contribution in [1.82, 2.24) is 18.8 Å². The molecule has 0 amide bonds. The van der Waals surface area contributed by atoms with Gasteiger partial charge in [-0.3, -0.25) is 8.80 Å². The van der Waals surface area contributed by atoms with Crippen LogP contribution in [-0.2, 0) is 0 Å². The fourth-order valence-corrected chi connectivity index (χ4v) is 5.10. The maximum absolute atomic E-state index is 14.9. The molecule has 4 aromatic heterocycles. The van der Waals surface area contributed by atoms with Gasteiger partial charge in [-0.25, -0.2) is 23.1 Å². The molecular weight excluding hydrogens is 597 g/mol. The van der Waals surface area contributed by atoms with Crippen LogP contribution >= 0.6 is 27.5 Å². The van der Waals surface area contributed by atoms with Gasteiger partial charge in [0.1, 0.15) is 41.0 Å². The SMILES string of the molecule is OC(c1c(-c2ccc(Cl)cc2)nc2ccc(F)cn12)C(O)c1c(-c2ccc(F)cc2F)nc2ccc(Br)cn12. The molecule has 2 aromatic carbocycles. The highest BCUT2D eigenvalue weighted by Gasteiger charge is 2.33. The van der Waals surface area contributed by atoms with Crippen molar-refractivity contribution in [2.45, 2.75) is 12.2 Å². The van der Waals surface area contributed by atoms with Crippen LogP contribution in [0.4, 0.5) is 13.2 Å². The summed E-state index contributed by atoms with van der Waals surface area (Å²) in [7, 11) is 0. The summed E-state index contributed by atoms with van der Waals surface area (Å²) in [6, 6.07) is 15.7. The molecular formula is C28H17BrClF3N4O2. The Morgan fingerprint density at radius 3 is 2.00 bits per heavy atom. The Morgan fingerprint density at radius 1 is 0.718 bits per heavy atom. The number of imidazole rings is 2. The second kappa shape index (κ2) is 9.80.